The molecule has 0 unspecified atom stereocenters. The number of nitrogens with zero attached hydrogens (tertiary/aromatic N) is 1. The summed E-state index contributed by atoms with van der Waals surface area (Å²) in [6, 6.07) is 19.9. The zero-order chi connectivity index (χ0) is 33.0. The molecule has 0 aromatic heterocycles. The topological polar surface area (TPSA) is 65.1 Å². The first kappa shape index (κ1) is 35.9. The minimum absolute atomic E-state index is 0.178. The number of hydrogen-bond acceptors (Lipinski definition) is 6. The first-order valence-corrected chi connectivity index (χ1v) is 19.2. The molecule has 3 aromatic rings. The molecule has 45 heavy (non-hydrogen) atoms. The predicted octanol–water partition coefficient (Wildman–Crippen LogP) is 7.87. The van der Waals surface area contributed by atoms with E-state index in [1.165, 1.54) is 35.9 Å². The molecule has 3 aromatic carbocycles. The Morgan fingerprint density at radius 2 is 1.56 bits per heavy atom. The second-order valence-corrected chi connectivity index (χ2v) is 18.6. The highest BCUT2D eigenvalue weighted by molar-refractivity contribution is 6.76. The molecule has 3 rings (SSSR count). The molecule has 0 saturated heterocycles. The number of halogens is 1. The fourth-order valence-electron chi connectivity index (χ4n) is 4.98. The van der Waals surface area contributed by atoms with Gasteiger partial charge in [-0.05, 0) is 92.9 Å². The number of esters is 1. The van der Waals surface area contributed by atoms with Crippen LogP contribution in [0.25, 0.3) is 0 Å². The lowest BCUT2D eigenvalue weighted by atomic mass is 10.0. The highest BCUT2D eigenvalue weighted by Crippen LogP contribution is 2.29. The molecule has 0 atom stereocenters. The van der Waals surface area contributed by atoms with Gasteiger partial charge in [0.25, 0.3) is 0 Å². The molecule has 0 aliphatic carbocycles. The third-order valence-corrected chi connectivity index (χ3v) is 8.40. The van der Waals surface area contributed by atoms with Crippen molar-refractivity contribution in [2.24, 2.45) is 0 Å². The summed E-state index contributed by atoms with van der Waals surface area (Å²) in [6.45, 7) is 16.5. The molecule has 0 spiro atoms. The average Bonchev–Trinajstić information content (AvgIpc) is 2.96. The molecule has 0 N–H and O–H groups in total. The molecule has 6 nitrogen and oxygen atoms in total. The Morgan fingerprint density at radius 1 is 0.911 bits per heavy atom. The van der Waals surface area contributed by atoms with E-state index in [-0.39, 0.29) is 18.2 Å². The summed E-state index contributed by atoms with van der Waals surface area (Å²) >= 11 is 0. The Bertz CT molecular complexity index is 1410. The van der Waals surface area contributed by atoms with E-state index >= 15 is 0 Å². The minimum Gasteiger partial charge on any atom is -0.476 e. The number of carbonyl (C=O) groups excluding carboxylic acids is 2. The molecule has 242 valence electrons. The molecular formula is C37H48FNO5Si. The van der Waals surface area contributed by atoms with Gasteiger partial charge in [-0.3, -0.25) is 9.69 Å². The van der Waals surface area contributed by atoms with Gasteiger partial charge in [0.2, 0.25) is 0 Å². The molecule has 0 aliphatic rings. The summed E-state index contributed by atoms with van der Waals surface area (Å²) in [5.74, 6) is -0.351. The molecule has 0 radical (unpaired) electrons. The quantitative estimate of drug-likeness (QED) is 0.0377. The van der Waals surface area contributed by atoms with Crippen LogP contribution in [0.5, 0.6) is 5.75 Å². The van der Waals surface area contributed by atoms with Gasteiger partial charge in [-0.25, -0.2) is 9.18 Å². The van der Waals surface area contributed by atoms with E-state index in [0.717, 1.165) is 29.4 Å². The monoisotopic (exact) mass is 633 g/mol. The van der Waals surface area contributed by atoms with Crippen LogP contribution >= 0.6 is 0 Å². The van der Waals surface area contributed by atoms with Crippen LogP contribution in [-0.4, -0.2) is 56.4 Å². The van der Waals surface area contributed by atoms with Crippen LogP contribution in [0.4, 0.5) is 4.39 Å². The maximum Gasteiger partial charge on any atom is 0.349 e. The zero-order valence-corrected chi connectivity index (χ0v) is 28.8. The fourth-order valence-corrected chi connectivity index (χ4v) is 6.53. The number of hydrogen-bond donors (Lipinski definition) is 0. The summed E-state index contributed by atoms with van der Waals surface area (Å²) in [4.78, 5) is 27.6. The summed E-state index contributed by atoms with van der Waals surface area (Å²) in [5, 5.41) is 0. The Hall–Kier alpha value is -3.59. The maximum atomic E-state index is 13.1. The van der Waals surface area contributed by atoms with Crippen molar-refractivity contribution in [3.8, 4) is 5.75 Å². The lowest BCUT2D eigenvalue weighted by Gasteiger charge is -2.28. The first-order chi connectivity index (χ1) is 21.2. The van der Waals surface area contributed by atoms with Crippen molar-refractivity contribution in [1.29, 1.82) is 0 Å². The Labute approximate surface area is 269 Å². The second-order valence-electron chi connectivity index (χ2n) is 13.2. The number of ether oxygens (including phenoxy) is 3. The smallest absolute Gasteiger partial charge is 0.349 e. The van der Waals surface area contributed by atoms with Gasteiger partial charge in [0.05, 0.1) is 28.0 Å². The van der Waals surface area contributed by atoms with Gasteiger partial charge in [0.15, 0.2) is 11.4 Å². The molecule has 0 saturated carbocycles. The normalized spacial score (nSPS) is 12.1. The van der Waals surface area contributed by atoms with Crippen molar-refractivity contribution < 1.29 is 28.2 Å². The van der Waals surface area contributed by atoms with Gasteiger partial charge in [0, 0.05) is 18.5 Å². The first-order valence-electron chi connectivity index (χ1n) is 15.5. The maximum absolute atomic E-state index is 13.1. The van der Waals surface area contributed by atoms with Crippen molar-refractivity contribution in [3.05, 3.63) is 113 Å². The van der Waals surface area contributed by atoms with E-state index < -0.39 is 19.6 Å². The fraction of sp³-hybridized carbons (Fsp3) is 0.405. The van der Waals surface area contributed by atoms with E-state index in [4.69, 9.17) is 14.2 Å². The van der Waals surface area contributed by atoms with Crippen molar-refractivity contribution >= 4 is 19.8 Å². The van der Waals surface area contributed by atoms with Crippen molar-refractivity contribution in [3.63, 3.8) is 0 Å². The molecule has 0 fully saturated rings. The van der Waals surface area contributed by atoms with Crippen LogP contribution in [0.1, 0.15) is 52.9 Å². The minimum atomic E-state index is -1.32. The average molecular weight is 634 g/mol. The second kappa shape index (κ2) is 16.6. The largest absolute Gasteiger partial charge is 0.476 e. The van der Waals surface area contributed by atoms with E-state index in [1.54, 1.807) is 19.9 Å². The van der Waals surface area contributed by atoms with E-state index in [9.17, 15) is 14.0 Å². The highest BCUT2D eigenvalue weighted by Gasteiger charge is 2.33. The third kappa shape index (κ3) is 12.4. The Kier molecular flexibility index (Phi) is 13.3. The van der Waals surface area contributed by atoms with Gasteiger partial charge >= 0.3 is 5.97 Å². The van der Waals surface area contributed by atoms with Crippen LogP contribution in [-0.2, 0) is 27.2 Å². The van der Waals surface area contributed by atoms with Crippen LogP contribution < -0.4 is 4.74 Å². The molecular weight excluding hydrogens is 585 g/mol. The van der Waals surface area contributed by atoms with Gasteiger partial charge in [-0.1, -0.05) is 68.2 Å². The number of allylic oxidation sites excluding steroid dienone is 2. The van der Waals surface area contributed by atoms with Gasteiger partial charge in [-0.15, -0.1) is 0 Å². The SMILES string of the molecule is Cc1cc(C/C=C/C(=O)c2ccc(F)cc2)cc(C)c1OC(C)(C)C(=O)OCCCOCN(Cc1ccccc1)C[Si](C)(C)C. The van der Waals surface area contributed by atoms with E-state index in [2.05, 4.69) is 48.8 Å². The lowest BCUT2D eigenvalue weighted by Crippen LogP contribution is -2.41. The number of benzene rings is 3. The third-order valence-electron chi connectivity index (χ3n) is 7.01. The van der Waals surface area contributed by atoms with Gasteiger partial charge < -0.3 is 14.2 Å². The molecule has 0 aliphatic heterocycles. The summed E-state index contributed by atoms with van der Waals surface area (Å²) in [5.41, 5.74) is 3.30. The Morgan fingerprint density at radius 3 is 2.18 bits per heavy atom. The number of rotatable bonds is 17. The van der Waals surface area contributed by atoms with E-state index in [1.807, 2.05) is 32.0 Å². The summed E-state index contributed by atoms with van der Waals surface area (Å²) < 4.78 is 30.9. The standard InChI is InChI=1S/C37H48FNO5Si/c1-28-23-31(15-11-16-34(40)32-17-19-33(38)20-18-32)24-29(2)35(28)44-37(3,4)36(41)43-22-12-21-42-26-39(27-45(5,6)7)25-30-13-9-8-10-14-30/h8-11,13-14,16-20,23-24H,12,15,21-22,25-27H2,1-7H3/b16-11+. The molecule has 0 amide bonds. The lowest BCUT2D eigenvalue weighted by molar-refractivity contribution is -0.159. The summed E-state index contributed by atoms with van der Waals surface area (Å²) in [6.07, 6.45) is 5.47. The number of carbonyl (C=O) groups is 2. The molecule has 0 bridgehead atoms. The number of aryl methyl sites for hydroxylation is 2. The van der Waals surface area contributed by atoms with Gasteiger partial charge in [-0.2, -0.15) is 0 Å². The highest BCUT2D eigenvalue weighted by atomic mass is 28.3. The number of ketones is 1. The predicted molar refractivity (Wildman–Crippen MR) is 181 cm³/mol. The molecule has 0 heterocycles. The van der Waals surface area contributed by atoms with Crippen molar-refractivity contribution in [2.45, 2.75) is 72.3 Å². The van der Waals surface area contributed by atoms with E-state index in [0.29, 0.717) is 37.5 Å². The van der Waals surface area contributed by atoms with Crippen molar-refractivity contribution in [2.75, 3.05) is 26.1 Å². The zero-order valence-electron chi connectivity index (χ0n) is 27.8. The Balaban J connectivity index is 1.45. The van der Waals surface area contributed by atoms with Crippen LogP contribution in [0, 0.1) is 19.7 Å². The summed E-state index contributed by atoms with van der Waals surface area (Å²) in [7, 11) is -1.32. The van der Waals surface area contributed by atoms with Crippen LogP contribution in [0.3, 0.4) is 0 Å². The van der Waals surface area contributed by atoms with Crippen molar-refractivity contribution in [1.82, 2.24) is 4.90 Å². The van der Waals surface area contributed by atoms with Crippen LogP contribution in [0.2, 0.25) is 19.6 Å². The molecule has 8 heteroatoms. The van der Waals surface area contributed by atoms with Crippen LogP contribution in [0.15, 0.2) is 78.9 Å². The van der Waals surface area contributed by atoms with Gasteiger partial charge in [0.1, 0.15) is 11.6 Å².